The lowest BCUT2D eigenvalue weighted by Crippen LogP contribution is -2.31. The van der Waals surface area contributed by atoms with E-state index in [9.17, 15) is 23.3 Å². The van der Waals surface area contributed by atoms with Crippen LogP contribution in [0.1, 0.15) is 44.1 Å². The van der Waals surface area contributed by atoms with Gasteiger partial charge in [0.25, 0.3) is 5.69 Å². The Kier molecular flexibility index (Phi) is 7.89. The van der Waals surface area contributed by atoms with Crippen molar-refractivity contribution in [3.8, 4) is 0 Å². The van der Waals surface area contributed by atoms with E-state index in [4.69, 9.17) is 5.11 Å². The SMILES string of the molecule is O=C(O)CCCC=CC1CCC(NS(=O)(=O)C=Cc2cccc([N+](=O)[O-])c2)C1. The molecule has 0 heterocycles. The van der Waals surface area contributed by atoms with E-state index in [1.807, 2.05) is 12.2 Å². The van der Waals surface area contributed by atoms with Gasteiger partial charge in [-0.15, -0.1) is 0 Å². The minimum Gasteiger partial charge on any atom is -0.481 e. The molecule has 0 spiro atoms. The fourth-order valence-electron chi connectivity index (χ4n) is 3.14. The molecule has 152 valence electrons. The van der Waals surface area contributed by atoms with Gasteiger partial charge in [0, 0.05) is 30.0 Å². The minimum atomic E-state index is -3.65. The molecule has 9 heteroatoms. The van der Waals surface area contributed by atoms with Crippen LogP contribution in [0, 0.1) is 16.0 Å². The summed E-state index contributed by atoms with van der Waals surface area (Å²) in [5.41, 5.74) is 0.342. The summed E-state index contributed by atoms with van der Waals surface area (Å²) in [4.78, 5) is 20.7. The topological polar surface area (TPSA) is 127 Å². The van der Waals surface area contributed by atoms with Crippen LogP contribution in [0.25, 0.3) is 6.08 Å². The molecular formula is C19H24N2O6S. The summed E-state index contributed by atoms with van der Waals surface area (Å²) in [5.74, 6) is -0.528. The summed E-state index contributed by atoms with van der Waals surface area (Å²) in [5, 5.41) is 20.4. The number of rotatable bonds is 10. The summed E-state index contributed by atoms with van der Waals surface area (Å²) in [7, 11) is -3.65. The van der Waals surface area contributed by atoms with E-state index >= 15 is 0 Å². The highest BCUT2D eigenvalue weighted by atomic mass is 32.2. The fraction of sp³-hybridized carbons (Fsp3) is 0.421. The van der Waals surface area contributed by atoms with Crippen LogP contribution in [0.5, 0.6) is 0 Å². The maximum absolute atomic E-state index is 12.2. The number of nitro benzene ring substituents is 1. The van der Waals surface area contributed by atoms with Gasteiger partial charge in [0.1, 0.15) is 0 Å². The van der Waals surface area contributed by atoms with Crippen LogP contribution in [0.3, 0.4) is 0 Å². The van der Waals surface area contributed by atoms with E-state index in [1.165, 1.54) is 24.3 Å². The van der Waals surface area contributed by atoms with Crippen molar-refractivity contribution in [1.82, 2.24) is 4.72 Å². The zero-order valence-electron chi connectivity index (χ0n) is 15.4. The molecule has 0 aliphatic heterocycles. The summed E-state index contributed by atoms with van der Waals surface area (Å²) in [6.45, 7) is 0. The van der Waals surface area contributed by atoms with E-state index in [1.54, 1.807) is 6.07 Å². The van der Waals surface area contributed by atoms with Gasteiger partial charge < -0.3 is 5.11 Å². The fourth-order valence-corrected chi connectivity index (χ4v) is 4.23. The van der Waals surface area contributed by atoms with Gasteiger partial charge in [-0.2, -0.15) is 0 Å². The van der Waals surface area contributed by atoms with E-state index in [2.05, 4.69) is 4.72 Å². The number of sulfonamides is 1. The third kappa shape index (κ3) is 7.61. The molecule has 1 saturated carbocycles. The highest BCUT2D eigenvalue weighted by molar-refractivity contribution is 7.92. The number of benzene rings is 1. The Morgan fingerprint density at radius 3 is 2.86 bits per heavy atom. The first-order valence-corrected chi connectivity index (χ1v) is 10.6. The molecule has 2 atom stereocenters. The highest BCUT2D eigenvalue weighted by Crippen LogP contribution is 2.27. The maximum Gasteiger partial charge on any atom is 0.303 e. The lowest BCUT2D eigenvalue weighted by atomic mass is 10.1. The lowest BCUT2D eigenvalue weighted by Gasteiger charge is -2.10. The van der Waals surface area contributed by atoms with Crippen LogP contribution in [0.2, 0.25) is 0 Å². The number of carbonyl (C=O) groups is 1. The van der Waals surface area contributed by atoms with Gasteiger partial charge in [0.15, 0.2) is 0 Å². The number of carboxylic acids is 1. The zero-order valence-corrected chi connectivity index (χ0v) is 16.2. The number of unbranched alkanes of at least 4 members (excludes halogenated alkanes) is 1. The lowest BCUT2D eigenvalue weighted by molar-refractivity contribution is -0.384. The van der Waals surface area contributed by atoms with E-state index in [-0.39, 0.29) is 24.1 Å². The molecule has 8 nitrogen and oxygen atoms in total. The number of carboxylic acid groups (broad SMARTS) is 1. The summed E-state index contributed by atoms with van der Waals surface area (Å²) in [6, 6.07) is 5.60. The number of non-ortho nitro benzene ring substituents is 1. The van der Waals surface area contributed by atoms with Crippen LogP contribution in [0.15, 0.2) is 41.8 Å². The first-order chi connectivity index (χ1) is 13.2. The maximum atomic E-state index is 12.2. The second kappa shape index (κ2) is 10.1. The van der Waals surface area contributed by atoms with Crippen molar-refractivity contribution < 1.29 is 23.2 Å². The standard InChI is InChI=1S/C19H24N2O6S/c22-19(23)8-3-1-2-5-15-9-10-17(13-15)20-28(26,27)12-11-16-6-4-7-18(14-16)21(24)25/h2,4-7,11-12,14-15,17,20H,1,3,8-10,13H2,(H,22,23). The third-order valence-corrected chi connectivity index (χ3v) is 5.65. The summed E-state index contributed by atoms with van der Waals surface area (Å²) in [6.07, 6.45) is 9.08. The van der Waals surface area contributed by atoms with Crippen LogP contribution >= 0.6 is 0 Å². The molecule has 28 heavy (non-hydrogen) atoms. The predicted molar refractivity (Wildman–Crippen MR) is 106 cm³/mol. The molecule has 0 aromatic heterocycles. The number of hydrogen-bond acceptors (Lipinski definition) is 5. The summed E-state index contributed by atoms with van der Waals surface area (Å²) < 4.78 is 27.1. The van der Waals surface area contributed by atoms with Crippen molar-refractivity contribution in [1.29, 1.82) is 0 Å². The van der Waals surface area contributed by atoms with Crippen molar-refractivity contribution in [2.24, 2.45) is 5.92 Å². The van der Waals surface area contributed by atoms with E-state index in [0.717, 1.165) is 18.2 Å². The molecule has 2 N–H and O–H groups in total. The zero-order chi connectivity index (χ0) is 20.6. The number of nitrogens with zero attached hydrogens (tertiary/aromatic N) is 1. The second-order valence-corrected chi connectivity index (χ2v) is 8.40. The molecule has 1 fully saturated rings. The highest BCUT2D eigenvalue weighted by Gasteiger charge is 2.25. The van der Waals surface area contributed by atoms with Crippen LogP contribution < -0.4 is 4.72 Å². The average molecular weight is 408 g/mol. The molecular weight excluding hydrogens is 384 g/mol. The molecule has 1 aromatic rings. The molecule has 0 amide bonds. The molecule has 0 bridgehead atoms. The van der Waals surface area contributed by atoms with Gasteiger partial charge in [-0.3, -0.25) is 14.9 Å². The van der Waals surface area contributed by atoms with E-state index in [0.29, 0.717) is 24.8 Å². The largest absolute Gasteiger partial charge is 0.481 e. The molecule has 0 radical (unpaired) electrons. The Morgan fingerprint density at radius 1 is 1.36 bits per heavy atom. The van der Waals surface area contributed by atoms with E-state index < -0.39 is 20.9 Å². The van der Waals surface area contributed by atoms with Gasteiger partial charge in [-0.1, -0.05) is 24.3 Å². The number of hydrogen-bond donors (Lipinski definition) is 2. The van der Waals surface area contributed by atoms with Crippen molar-refractivity contribution in [2.45, 2.75) is 44.6 Å². The van der Waals surface area contributed by atoms with Gasteiger partial charge in [0.05, 0.1) is 4.92 Å². The van der Waals surface area contributed by atoms with Gasteiger partial charge in [0.2, 0.25) is 10.0 Å². The van der Waals surface area contributed by atoms with Crippen LogP contribution in [-0.2, 0) is 14.8 Å². The quantitative estimate of drug-likeness (QED) is 0.264. The van der Waals surface area contributed by atoms with Gasteiger partial charge in [-0.25, -0.2) is 13.1 Å². The first-order valence-electron chi connectivity index (χ1n) is 9.08. The Bertz CT molecular complexity index is 863. The Morgan fingerprint density at radius 2 is 2.14 bits per heavy atom. The third-order valence-electron chi connectivity index (χ3n) is 4.49. The van der Waals surface area contributed by atoms with Crippen molar-refractivity contribution >= 4 is 27.8 Å². The second-order valence-electron chi connectivity index (χ2n) is 6.80. The number of allylic oxidation sites excluding steroid dienone is 2. The predicted octanol–water partition coefficient (Wildman–Crippen LogP) is 3.46. The number of nitrogens with one attached hydrogen (secondary N) is 1. The Balaban J connectivity index is 1.84. The van der Waals surface area contributed by atoms with Crippen LogP contribution in [0.4, 0.5) is 5.69 Å². The van der Waals surface area contributed by atoms with Crippen molar-refractivity contribution in [3.05, 3.63) is 57.5 Å². The van der Waals surface area contributed by atoms with Crippen molar-refractivity contribution in [2.75, 3.05) is 0 Å². The van der Waals surface area contributed by atoms with Crippen molar-refractivity contribution in [3.63, 3.8) is 0 Å². The van der Waals surface area contributed by atoms with Gasteiger partial charge in [-0.05, 0) is 49.7 Å². The monoisotopic (exact) mass is 408 g/mol. The molecule has 1 aromatic carbocycles. The van der Waals surface area contributed by atoms with Gasteiger partial charge >= 0.3 is 5.97 Å². The number of aliphatic carboxylic acids is 1. The smallest absolute Gasteiger partial charge is 0.303 e. The van der Waals surface area contributed by atoms with Crippen LogP contribution in [-0.4, -0.2) is 30.5 Å². The molecule has 2 rings (SSSR count). The minimum absolute atomic E-state index is 0.0960. The Labute approximate surface area is 164 Å². The average Bonchev–Trinajstić information content (AvgIpc) is 3.06. The molecule has 2 unspecified atom stereocenters. The molecule has 1 aliphatic rings. The molecule has 1 aliphatic carbocycles. The Hall–Kier alpha value is -2.52. The summed E-state index contributed by atoms with van der Waals surface area (Å²) >= 11 is 0. The normalized spacial score (nSPS) is 20.1. The molecule has 0 saturated heterocycles. The first kappa shape index (κ1) is 21.8. The number of nitro groups is 1.